The Hall–Kier alpha value is -1.92. The lowest BCUT2D eigenvalue weighted by Crippen LogP contribution is -2.42. The maximum Gasteiger partial charge on any atom is 0.237 e. The van der Waals surface area contributed by atoms with Crippen LogP contribution in [0.15, 0.2) is 24.3 Å². The number of nitrogens with one attached hydrogen (secondary N) is 1. The predicted molar refractivity (Wildman–Crippen MR) is 70.8 cm³/mol. The highest BCUT2D eigenvalue weighted by Gasteiger charge is 2.15. The van der Waals surface area contributed by atoms with Crippen molar-refractivity contribution >= 4 is 11.8 Å². The van der Waals surface area contributed by atoms with E-state index < -0.39 is 17.9 Å². The number of hydrogen-bond donors (Lipinski definition) is 3. The number of rotatable bonds is 7. The fourth-order valence-corrected chi connectivity index (χ4v) is 1.65. The van der Waals surface area contributed by atoms with E-state index >= 15 is 0 Å². The lowest BCUT2D eigenvalue weighted by molar-refractivity contribution is -0.126. The van der Waals surface area contributed by atoms with E-state index in [1.54, 1.807) is 7.11 Å². The molecular weight excluding hydrogens is 246 g/mol. The molecule has 0 aliphatic rings. The minimum absolute atomic E-state index is 0.161. The topological polar surface area (TPSA) is 107 Å². The highest BCUT2D eigenvalue weighted by molar-refractivity contribution is 5.87. The Kier molecular flexibility index (Phi) is 5.98. The van der Waals surface area contributed by atoms with Gasteiger partial charge in [0.2, 0.25) is 11.8 Å². The van der Waals surface area contributed by atoms with Crippen LogP contribution in [0, 0.1) is 0 Å². The van der Waals surface area contributed by atoms with Crippen LogP contribution in [0.3, 0.4) is 0 Å². The summed E-state index contributed by atoms with van der Waals surface area (Å²) >= 11 is 0. The zero-order chi connectivity index (χ0) is 14.3. The van der Waals surface area contributed by atoms with Crippen LogP contribution in [-0.2, 0) is 27.5 Å². The SMILES string of the molecule is COCc1ccccc1CNC(=O)C(N)CC(N)=O. The van der Waals surface area contributed by atoms with Crippen molar-refractivity contribution in [2.24, 2.45) is 11.5 Å². The van der Waals surface area contributed by atoms with Gasteiger partial charge in [0.15, 0.2) is 0 Å². The van der Waals surface area contributed by atoms with Crippen LogP contribution in [-0.4, -0.2) is 25.0 Å². The molecule has 5 N–H and O–H groups in total. The number of carbonyl (C=O) groups excluding carboxylic acids is 2. The molecule has 0 saturated heterocycles. The smallest absolute Gasteiger partial charge is 0.237 e. The maximum absolute atomic E-state index is 11.6. The number of ether oxygens (including phenoxy) is 1. The van der Waals surface area contributed by atoms with Gasteiger partial charge in [-0.15, -0.1) is 0 Å². The van der Waals surface area contributed by atoms with Gasteiger partial charge < -0.3 is 21.5 Å². The van der Waals surface area contributed by atoms with E-state index in [4.69, 9.17) is 16.2 Å². The number of methoxy groups -OCH3 is 1. The second-order valence-electron chi connectivity index (χ2n) is 4.20. The van der Waals surface area contributed by atoms with Crippen molar-refractivity contribution in [1.29, 1.82) is 0 Å². The molecule has 0 fully saturated rings. The Bertz CT molecular complexity index is 449. The molecule has 1 aromatic rings. The van der Waals surface area contributed by atoms with E-state index in [9.17, 15) is 9.59 Å². The Balaban J connectivity index is 2.56. The molecule has 104 valence electrons. The number of hydrogen-bond acceptors (Lipinski definition) is 4. The van der Waals surface area contributed by atoms with Gasteiger partial charge in [-0.05, 0) is 11.1 Å². The first kappa shape index (κ1) is 15.1. The largest absolute Gasteiger partial charge is 0.380 e. The van der Waals surface area contributed by atoms with Crippen LogP contribution < -0.4 is 16.8 Å². The Morgan fingerprint density at radius 3 is 2.53 bits per heavy atom. The zero-order valence-electron chi connectivity index (χ0n) is 10.9. The summed E-state index contributed by atoms with van der Waals surface area (Å²) in [5, 5.41) is 2.68. The highest BCUT2D eigenvalue weighted by atomic mass is 16.5. The van der Waals surface area contributed by atoms with Crippen molar-refractivity contribution in [2.75, 3.05) is 7.11 Å². The van der Waals surface area contributed by atoms with Crippen molar-refractivity contribution in [3.8, 4) is 0 Å². The van der Waals surface area contributed by atoms with Gasteiger partial charge in [-0.2, -0.15) is 0 Å². The number of carbonyl (C=O) groups is 2. The normalized spacial score (nSPS) is 11.9. The minimum atomic E-state index is -0.910. The Labute approximate surface area is 112 Å². The van der Waals surface area contributed by atoms with E-state index in [0.29, 0.717) is 13.2 Å². The van der Waals surface area contributed by atoms with Crippen LogP contribution in [0.2, 0.25) is 0 Å². The van der Waals surface area contributed by atoms with Crippen LogP contribution in [0.1, 0.15) is 17.5 Å². The molecule has 0 aliphatic heterocycles. The van der Waals surface area contributed by atoms with Gasteiger partial charge in [-0.3, -0.25) is 9.59 Å². The van der Waals surface area contributed by atoms with Crippen LogP contribution in [0.25, 0.3) is 0 Å². The monoisotopic (exact) mass is 265 g/mol. The summed E-state index contributed by atoms with van der Waals surface area (Å²) in [5.41, 5.74) is 12.5. The van der Waals surface area contributed by atoms with Gasteiger partial charge in [0.25, 0.3) is 0 Å². The van der Waals surface area contributed by atoms with Gasteiger partial charge >= 0.3 is 0 Å². The summed E-state index contributed by atoms with van der Waals surface area (Å²) in [6.07, 6.45) is -0.161. The Morgan fingerprint density at radius 2 is 1.95 bits per heavy atom. The third kappa shape index (κ3) is 5.07. The summed E-state index contributed by atoms with van der Waals surface area (Å²) in [5.74, 6) is -0.992. The first-order valence-corrected chi connectivity index (χ1v) is 5.92. The van der Waals surface area contributed by atoms with E-state index in [1.807, 2.05) is 24.3 Å². The van der Waals surface area contributed by atoms with Crippen LogP contribution >= 0.6 is 0 Å². The van der Waals surface area contributed by atoms with Gasteiger partial charge in [0, 0.05) is 13.7 Å². The minimum Gasteiger partial charge on any atom is -0.380 e. The maximum atomic E-state index is 11.6. The third-order valence-electron chi connectivity index (χ3n) is 2.63. The fourth-order valence-electron chi connectivity index (χ4n) is 1.65. The summed E-state index contributed by atoms with van der Waals surface area (Å²) < 4.78 is 5.08. The molecule has 1 aromatic carbocycles. The second kappa shape index (κ2) is 7.50. The molecule has 0 aromatic heterocycles. The summed E-state index contributed by atoms with van der Waals surface area (Å²) in [6.45, 7) is 0.810. The molecule has 0 saturated carbocycles. The van der Waals surface area contributed by atoms with Gasteiger partial charge in [-0.25, -0.2) is 0 Å². The molecular formula is C13H19N3O3. The molecule has 6 nitrogen and oxygen atoms in total. The predicted octanol–water partition coefficient (Wildman–Crippen LogP) is -0.348. The van der Waals surface area contributed by atoms with Crippen molar-refractivity contribution < 1.29 is 14.3 Å². The molecule has 6 heteroatoms. The van der Waals surface area contributed by atoms with E-state index in [1.165, 1.54) is 0 Å². The van der Waals surface area contributed by atoms with Gasteiger partial charge in [0.05, 0.1) is 19.1 Å². The van der Waals surface area contributed by atoms with Crippen molar-refractivity contribution in [3.05, 3.63) is 35.4 Å². The summed E-state index contributed by atoms with van der Waals surface area (Å²) in [7, 11) is 1.61. The zero-order valence-corrected chi connectivity index (χ0v) is 10.9. The standard InChI is InChI=1S/C13H19N3O3/c1-19-8-10-5-3-2-4-9(10)7-16-13(18)11(14)6-12(15)17/h2-5,11H,6-8,14H2,1H3,(H2,15,17)(H,16,18). The summed E-state index contributed by atoms with van der Waals surface area (Å²) in [4.78, 5) is 22.3. The van der Waals surface area contributed by atoms with Crippen LogP contribution in [0.4, 0.5) is 0 Å². The average molecular weight is 265 g/mol. The summed E-state index contributed by atoms with van der Waals surface area (Å²) in [6, 6.07) is 6.69. The lowest BCUT2D eigenvalue weighted by atomic mass is 10.1. The first-order chi connectivity index (χ1) is 9.04. The molecule has 19 heavy (non-hydrogen) atoms. The molecule has 0 spiro atoms. The first-order valence-electron chi connectivity index (χ1n) is 5.92. The number of nitrogens with two attached hydrogens (primary N) is 2. The second-order valence-corrected chi connectivity index (χ2v) is 4.20. The van der Waals surface area contributed by atoms with E-state index in [0.717, 1.165) is 11.1 Å². The van der Waals surface area contributed by atoms with Crippen molar-refractivity contribution in [1.82, 2.24) is 5.32 Å². The number of primary amides is 1. The molecule has 0 aliphatic carbocycles. The van der Waals surface area contributed by atoms with E-state index in [-0.39, 0.29) is 6.42 Å². The van der Waals surface area contributed by atoms with Gasteiger partial charge in [-0.1, -0.05) is 24.3 Å². The Morgan fingerprint density at radius 1 is 1.32 bits per heavy atom. The molecule has 1 rings (SSSR count). The quantitative estimate of drug-likeness (QED) is 0.626. The van der Waals surface area contributed by atoms with Crippen molar-refractivity contribution in [3.63, 3.8) is 0 Å². The molecule has 0 bridgehead atoms. The fraction of sp³-hybridized carbons (Fsp3) is 0.385. The number of amides is 2. The molecule has 2 amide bonds. The molecule has 1 unspecified atom stereocenters. The molecule has 1 atom stereocenters. The third-order valence-corrected chi connectivity index (χ3v) is 2.63. The van der Waals surface area contributed by atoms with E-state index in [2.05, 4.69) is 5.32 Å². The van der Waals surface area contributed by atoms with Crippen LogP contribution in [0.5, 0.6) is 0 Å². The highest BCUT2D eigenvalue weighted by Crippen LogP contribution is 2.09. The molecule has 0 radical (unpaired) electrons. The average Bonchev–Trinajstić information content (AvgIpc) is 2.37. The van der Waals surface area contributed by atoms with Crippen molar-refractivity contribution in [2.45, 2.75) is 25.6 Å². The number of benzene rings is 1. The molecule has 0 heterocycles. The van der Waals surface area contributed by atoms with Gasteiger partial charge in [0.1, 0.15) is 0 Å². The lowest BCUT2D eigenvalue weighted by Gasteiger charge is -2.13.